The van der Waals surface area contributed by atoms with E-state index < -0.39 is 0 Å². The van der Waals surface area contributed by atoms with Crippen molar-refractivity contribution in [3.8, 4) is 17.2 Å². The Bertz CT molecular complexity index is 806. The lowest BCUT2D eigenvalue weighted by Gasteiger charge is -2.17. The van der Waals surface area contributed by atoms with Gasteiger partial charge in [-0.15, -0.1) is 0 Å². The van der Waals surface area contributed by atoms with E-state index in [4.69, 9.17) is 14.2 Å². The van der Waals surface area contributed by atoms with Crippen LogP contribution in [0.15, 0.2) is 42.5 Å². The van der Waals surface area contributed by atoms with Crippen LogP contribution >= 0.6 is 0 Å². The highest BCUT2D eigenvalue weighted by molar-refractivity contribution is 5.99. The van der Waals surface area contributed by atoms with Crippen molar-refractivity contribution in [2.75, 3.05) is 32.8 Å². The van der Waals surface area contributed by atoms with E-state index in [-0.39, 0.29) is 25.2 Å². The minimum Gasteiger partial charge on any atom is -0.497 e. The molecule has 0 saturated carbocycles. The van der Waals surface area contributed by atoms with E-state index in [2.05, 4.69) is 5.32 Å². The molecule has 0 unspecified atom stereocenters. The van der Waals surface area contributed by atoms with Crippen molar-refractivity contribution in [3.05, 3.63) is 48.0 Å². The van der Waals surface area contributed by atoms with Crippen molar-refractivity contribution in [1.29, 1.82) is 0 Å². The lowest BCUT2D eigenvalue weighted by molar-refractivity contribution is -0.116. The van der Waals surface area contributed by atoms with Crippen molar-refractivity contribution < 1.29 is 23.8 Å². The summed E-state index contributed by atoms with van der Waals surface area (Å²) in [6, 6.07) is 12.0. The van der Waals surface area contributed by atoms with Crippen LogP contribution in [-0.4, -0.2) is 44.2 Å². The van der Waals surface area contributed by atoms with Crippen molar-refractivity contribution in [1.82, 2.24) is 4.90 Å². The summed E-state index contributed by atoms with van der Waals surface area (Å²) in [7, 11) is 3.12. The second kappa shape index (κ2) is 7.12. The molecular formula is C18H18N2O5. The van der Waals surface area contributed by atoms with Crippen LogP contribution in [0, 0.1) is 0 Å². The molecule has 130 valence electrons. The Morgan fingerprint density at radius 2 is 1.96 bits per heavy atom. The number of rotatable bonds is 5. The van der Waals surface area contributed by atoms with Gasteiger partial charge in [0.1, 0.15) is 5.75 Å². The van der Waals surface area contributed by atoms with Gasteiger partial charge in [0, 0.05) is 24.4 Å². The number of hydrogen-bond donors (Lipinski definition) is 1. The topological polar surface area (TPSA) is 77.1 Å². The highest BCUT2D eigenvalue weighted by Crippen LogP contribution is 2.32. The summed E-state index contributed by atoms with van der Waals surface area (Å²) in [5, 5.41) is 2.74. The van der Waals surface area contributed by atoms with Gasteiger partial charge in [0.15, 0.2) is 11.5 Å². The molecular weight excluding hydrogens is 324 g/mol. The fourth-order valence-corrected chi connectivity index (χ4v) is 2.44. The molecule has 1 aliphatic heterocycles. The summed E-state index contributed by atoms with van der Waals surface area (Å²) in [6.45, 7) is 0.0657. The molecule has 0 radical (unpaired) electrons. The molecule has 1 N–H and O–H groups in total. The minimum absolute atomic E-state index is 0.0789. The maximum absolute atomic E-state index is 12.5. The van der Waals surface area contributed by atoms with E-state index in [0.29, 0.717) is 28.5 Å². The van der Waals surface area contributed by atoms with Gasteiger partial charge in [-0.05, 0) is 30.3 Å². The number of anilines is 1. The molecule has 1 heterocycles. The summed E-state index contributed by atoms with van der Waals surface area (Å²) in [5.74, 6) is 1.20. The first-order chi connectivity index (χ1) is 12.1. The predicted octanol–water partition coefficient (Wildman–Crippen LogP) is 2.13. The van der Waals surface area contributed by atoms with E-state index in [9.17, 15) is 9.59 Å². The largest absolute Gasteiger partial charge is 0.497 e. The van der Waals surface area contributed by atoms with Crippen LogP contribution in [-0.2, 0) is 4.79 Å². The number of methoxy groups -OCH3 is 1. The van der Waals surface area contributed by atoms with Gasteiger partial charge in [-0.2, -0.15) is 0 Å². The van der Waals surface area contributed by atoms with Crippen LogP contribution < -0.4 is 19.5 Å². The second-order valence-electron chi connectivity index (χ2n) is 5.51. The third-order valence-electron chi connectivity index (χ3n) is 3.70. The number of nitrogens with zero attached hydrogens (tertiary/aromatic N) is 1. The maximum atomic E-state index is 12.5. The van der Waals surface area contributed by atoms with Gasteiger partial charge < -0.3 is 24.4 Å². The average Bonchev–Trinajstić information content (AvgIpc) is 3.08. The summed E-state index contributed by atoms with van der Waals surface area (Å²) in [6.07, 6.45) is 0. The Balaban J connectivity index is 1.61. The van der Waals surface area contributed by atoms with Gasteiger partial charge in [0.05, 0.1) is 13.7 Å². The molecule has 2 aromatic rings. The van der Waals surface area contributed by atoms with Crippen molar-refractivity contribution in [3.63, 3.8) is 0 Å². The number of hydrogen-bond acceptors (Lipinski definition) is 5. The molecule has 0 bridgehead atoms. The van der Waals surface area contributed by atoms with Crippen LogP contribution in [0.3, 0.4) is 0 Å². The predicted molar refractivity (Wildman–Crippen MR) is 91.1 cm³/mol. The second-order valence-corrected chi connectivity index (χ2v) is 5.51. The van der Waals surface area contributed by atoms with Crippen molar-refractivity contribution >= 4 is 17.5 Å². The number of carbonyl (C=O) groups excluding carboxylic acids is 2. The maximum Gasteiger partial charge on any atom is 0.254 e. The number of carbonyl (C=O) groups is 2. The quantitative estimate of drug-likeness (QED) is 0.901. The van der Waals surface area contributed by atoms with Gasteiger partial charge in [-0.25, -0.2) is 0 Å². The fourth-order valence-electron chi connectivity index (χ4n) is 2.44. The van der Waals surface area contributed by atoms with Gasteiger partial charge in [0.25, 0.3) is 5.91 Å². The van der Waals surface area contributed by atoms with Crippen LogP contribution in [0.25, 0.3) is 0 Å². The van der Waals surface area contributed by atoms with Gasteiger partial charge in [-0.3, -0.25) is 9.59 Å². The first-order valence-electron chi connectivity index (χ1n) is 7.66. The molecule has 2 aromatic carbocycles. The number of benzene rings is 2. The molecule has 25 heavy (non-hydrogen) atoms. The molecule has 0 saturated heterocycles. The van der Waals surface area contributed by atoms with E-state index in [0.717, 1.165) is 0 Å². The van der Waals surface area contributed by atoms with E-state index in [1.807, 2.05) is 0 Å². The summed E-state index contributed by atoms with van der Waals surface area (Å²) >= 11 is 0. The number of fused-ring (bicyclic) bond motifs is 1. The molecule has 0 aromatic heterocycles. The number of nitrogens with one attached hydrogen (secondary N) is 1. The van der Waals surface area contributed by atoms with Crippen LogP contribution in [0.5, 0.6) is 17.2 Å². The van der Waals surface area contributed by atoms with Crippen LogP contribution in [0.1, 0.15) is 10.4 Å². The minimum atomic E-state index is -0.301. The Morgan fingerprint density at radius 3 is 2.76 bits per heavy atom. The molecule has 0 atom stereocenters. The zero-order valence-corrected chi connectivity index (χ0v) is 13.9. The van der Waals surface area contributed by atoms with Gasteiger partial charge >= 0.3 is 0 Å². The van der Waals surface area contributed by atoms with E-state index >= 15 is 0 Å². The lowest BCUT2D eigenvalue weighted by Crippen LogP contribution is -2.34. The molecule has 7 heteroatoms. The zero-order chi connectivity index (χ0) is 17.8. The molecule has 0 spiro atoms. The Labute approximate surface area is 145 Å². The van der Waals surface area contributed by atoms with Crippen molar-refractivity contribution in [2.45, 2.75) is 0 Å². The molecule has 7 nitrogen and oxygen atoms in total. The van der Waals surface area contributed by atoms with Crippen molar-refractivity contribution in [2.24, 2.45) is 0 Å². The van der Waals surface area contributed by atoms with Crippen LogP contribution in [0.4, 0.5) is 5.69 Å². The summed E-state index contributed by atoms with van der Waals surface area (Å²) in [4.78, 5) is 26.0. The van der Waals surface area contributed by atoms with E-state index in [1.165, 1.54) is 4.90 Å². The number of amides is 2. The highest BCUT2D eigenvalue weighted by Gasteiger charge is 2.19. The third kappa shape index (κ3) is 3.82. The van der Waals surface area contributed by atoms with Gasteiger partial charge in [0.2, 0.25) is 12.7 Å². The lowest BCUT2D eigenvalue weighted by atomic mass is 10.2. The Morgan fingerprint density at radius 1 is 1.16 bits per heavy atom. The normalized spacial score (nSPS) is 11.8. The highest BCUT2D eigenvalue weighted by atomic mass is 16.7. The monoisotopic (exact) mass is 342 g/mol. The molecule has 2 amide bonds. The van der Waals surface area contributed by atoms with E-state index in [1.54, 1.807) is 56.6 Å². The van der Waals surface area contributed by atoms with Crippen LogP contribution in [0.2, 0.25) is 0 Å². The first kappa shape index (κ1) is 16.6. The SMILES string of the molecule is COc1cccc(NC(=O)CN(C)C(=O)c2ccc3c(c2)OCO3)c1. The molecule has 3 rings (SSSR count). The third-order valence-corrected chi connectivity index (χ3v) is 3.70. The first-order valence-corrected chi connectivity index (χ1v) is 7.66. The molecule has 0 fully saturated rings. The molecule has 0 aliphatic carbocycles. The Hall–Kier alpha value is -3.22. The smallest absolute Gasteiger partial charge is 0.254 e. The van der Waals surface area contributed by atoms with Gasteiger partial charge in [-0.1, -0.05) is 6.07 Å². The summed E-state index contributed by atoms with van der Waals surface area (Å²) in [5.41, 5.74) is 1.04. The average molecular weight is 342 g/mol. The fraction of sp³-hybridized carbons (Fsp3) is 0.222. The summed E-state index contributed by atoms with van der Waals surface area (Å²) < 4.78 is 15.6. The number of likely N-dealkylation sites (N-methyl/N-ethyl adjacent to an activating group) is 1. The zero-order valence-electron chi connectivity index (χ0n) is 13.9. The number of ether oxygens (including phenoxy) is 3. The standard InChI is InChI=1S/C18H18N2O5/c1-20(10-17(21)19-13-4-3-5-14(9-13)23-2)18(22)12-6-7-15-16(8-12)25-11-24-15/h3-9H,10-11H2,1-2H3,(H,19,21). The Kier molecular flexibility index (Phi) is 4.74. The molecule has 1 aliphatic rings.